The van der Waals surface area contributed by atoms with Crippen LogP contribution < -0.4 is 5.32 Å². The molecule has 1 fully saturated rings. The molecule has 2 amide bonds. The fourth-order valence-electron chi connectivity index (χ4n) is 3.87. The summed E-state index contributed by atoms with van der Waals surface area (Å²) in [6.45, 7) is 1.19. The van der Waals surface area contributed by atoms with Crippen molar-refractivity contribution in [3.05, 3.63) is 83.6 Å². The minimum atomic E-state index is -0.0998. The molecule has 2 aromatic carbocycles. The molecule has 0 unspecified atom stereocenters. The van der Waals surface area contributed by atoms with Crippen molar-refractivity contribution >= 4 is 29.1 Å². The van der Waals surface area contributed by atoms with Gasteiger partial charge in [-0.05, 0) is 59.9 Å². The Hall–Kier alpha value is -3.18. The van der Waals surface area contributed by atoms with E-state index in [4.69, 9.17) is 11.6 Å². The van der Waals surface area contributed by atoms with Crippen LogP contribution in [0.15, 0.2) is 73.1 Å². The summed E-state index contributed by atoms with van der Waals surface area (Å²) in [7, 11) is 0. The molecule has 1 saturated heterocycles. The molecule has 1 aliphatic rings. The first kappa shape index (κ1) is 21.1. The topological polar surface area (TPSA) is 62.3 Å². The first-order valence-electron chi connectivity index (χ1n) is 10.4. The van der Waals surface area contributed by atoms with Crippen molar-refractivity contribution in [1.29, 1.82) is 0 Å². The van der Waals surface area contributed by atoms with Gasteiger partial charge in [0.25, 0.3) is 0 Å². The summed E-state index contributed by atoms with van der Waals surface area (Å²) in [5.74, 6) is -0.0130. The molecule has 1 N–H and O–H groups in total. The van der Waals surface area contributed by atoms with E-state index in [2.05, 4.69) is 10.3 Å². The highest BCUT2D eigenvalue weighted by atomic mass is 35.5. The third-order valence-electron chi connectivity index (χ3n) is 5.58. The number of anilines is 1. The van der Waals surface area contributed by atoms with Crippen molar-refractivity contribution in [3.8, 4) is 11.1 Å². The number of pyridine rings is 1. The van der Waals surface area contributed by atoms with Crippen molar-refractivity contribution in [3.63, 3.8) is 0 Å². The van der Waals surface area contributed by atoms with Gasteiger partial charge in [0.05, 0.1) is 6.42 Å². The number of carbonyl (C=O) groups excluding carboxylic acids is 2. The largest absolute Gasteiger partial charge is 0.342 e. The number of nitrogens with one attached hydrogen (secondary N) is 1. The number of carbonyl (C=O) groups is 2. The van der Waals surface area contributed by atoms with Crippen molar-refractivity contribution < 1.29 is 9.59 Å². The number of hydrogen-bond acceptors (Lipinski definition) is 3. The molecule has 0 saturated carbocycles. The maximum atomic E-state index is 12.8. The van der Waals surface area contributed by atoms with Crippen molar-refractivity contribution in [2.45, 2.75) is 19.3 Å². The minimum absolute atomic E-state index is 0.00241. The molecule has 3 aromatic rings. The van der Waals surface area contributed by atoms with Crippen LogP contribution in [0.4, 0.5) is 5.69 Å². The van der Waals surface area contributed by atoms with E-state index in [0.29, 0.717) is 37.4 Å². The van der Waals surface area contributed by atoms with Gasteiger partial charge >= 0.3 is 0 Å². The lowest BCUT2D eigenvalue weighted by molar-refractivity contribution is -0.133. The Kier molecular flexibility index (Phi) is 6.63. The number of halogens is 1. The fraction of sp³-hybridized carbons (Fsp3) is 0.240. The van der Waals surface area contributed by atoms with Gasteiger partial charge in [0.15, 0.2) is 0 Å². The summed E-state index contributed by atoms with van der Waals surface area (Å²) in [6, 6.07) is 19.1. The van der Waals surface area contributed by atoms with Crippen molar-refractivity contribution in [2.75, 3.05) is 18.4 Å². The molecule has 4 rings (SSSR count). The summed E-state index contributed by atoms with van der Waals surface area (Å²) >= 11 is 6.10. The van der Waals surface area contributed by atoms with E-state index >= 15 is 0 Å². The molecule has 158 valence electrons. The van der Waals surface area contributed by atoms with Gasteiger partial charge in [0, 0.05) is 42.1 Å². The number of likely N-dealkylation sites (tertiary alicyclic amines) is 1. The van der Waals surface area contributed by atoms with E-state index in [0.717, 1.165) is 22.4 Å². The van der Waals surface area contributed by atoms with Crippen LogP contribution in [0.3, 0.4) is 0 Å². The van der Waals surface area contributed by atoms with Crippen LogP contribution >= 0.6 is 11.6 Å². The van der Waals surface area contributed by atoms with Gasteiger partial charge in [-0.3, -0.25) is 14.6 Å². The van der Waals surface area contributed by atoms with Crippen LogP contribution in [0.5, 0.6) is 0 Å². The molecule has 0 aliphatic carbocycles. The molecule has 0 bridgehead atoms. The zero-order chi connectivity index (χ0) is 21.6. The van der Waals surface area contributed by atoms with Gasteiger partial charge in [-0.2, -0.15) is 0 Å². The van der Waals surface area contributed by atoms with E-state index in [1.807, 2.05) is 65.6 Å². The third kappa shape index (κ3) is 5.50. The molecule has 1 aliphatic heterocycles. The molecular formula is C25H24ClN3O2. The SMILES string of the molecule is O=C(Nc1cccc(-c2cccc(Cl)c2)c1)C1CCN(C(=O)Cc2cccnc2)CC1. The van der Waals surface area contributed by atoms with Gasteiger partial charge in [0.1, 0.15) is 0 Å². The monoisotopic (exact) mass is 433 g/mol. The zero-order valence-electron chi connectivity index (χ0n) is 17.1. The van der Waals surface area contributed by atoms with E-state index in [1.165, 1.54) is 0 Å². The van der Waals surface area contributed by atoms with Crippen LogP contribution in [0.25, 0.3) is 11.1 Å². The number of nitrogens with zero attached hydrogens (tertiary/aromatic N) is 2. The average molecular weight is 434 g/mol. The van der Waals surface area contributed by atoms with Crippen LogP contribution in [0.1, 0.15) is 18.4 Å². The molecule has 2 heterocycles. The summed E-state index contributed by atoms with van der Waals surface area (Å²) < 4.78 is 0. The summed E-state index contributed by atoms with van der Waals surface area (Å²) in [5, 5.41) is 3.71. The number of aromatic nitrogens is 1. The van der Waals surface area contributed by atoms with Crippen LogP contribution in [-0.2, 0) is 16.0 Å². The number of piperidine rings is 1. The van der Waals surface area contributed by atoms with Crippen molar-refractivity contribution in [1.82, 2.24) is 9.88 Å². The lowest BCUT2D eigenvalue weighted by Crippen LogP contribution is -2.42. The minimum Gasteiger partial charge on any atom is -0.342 e. The first-order chi connectivity index (χ1) is 15.1. The third-order valence-corrected chi connectivity index (χ3v) is 5.82. The summed E-state index contributed by atoms with van der Waals surface area (Å²) in [5.41, 5.74) is 3.67. The van der Waals surface area contributed by atoms with Crippen LogP contribution in [0, 0.1) is 5.92 Å². The van der Waals surface area contributed by atoms with E-state index in [9.17, 15) is 9.59 Å². The lowest BCUT2D eigenvalue weighted by Gasteiger charge is -2.31. The lowest BCUT2D eigenvalue weighted by atomic mass is 9.95. The molecule has 6 heteroatoms. The molecule has 5 nitrogen and oxygen atoms in total. The predicted molar refractivity (Wildman–Crippen MR) is 123 cm³/mol. The second-order valence-electron chi connectivity index (χ2n) is 7.77. The molecule has 0 atom stereocenters. The summed E-state index contributed by atoms with van der Waals surface area (Å²) in [4.78, 5) is 31.2. The highest BCUT2D eigenvalue weighted by Gasteiger charge is 2.27. The number of rotatable bonds is 5. The molecule has 31 heavy (non-hydrogen) atoms. The standard InChI is InChI=1S/C25H24ClN3O2/c26-22-7-1-5-20(15-22)21-6-2-8-23(16-21)28-25(31)19-9-12-29(13-10-19)24(30)14-18-4-3-11-27-17-18/h1-8,11,15-17,19H,9-10,12-14H2,(H,28,31). The predicted octanol–water partition coefficient (Wildman–Crippen LogP) is 4.82. The number of benzene rings is 2. The average Bonchev–Trinajstić information content (AvgIpc) is 2.80. The second kappa shape index (κ2) is 9.75. The Labute approximate surface area is 187 Å². The van der Waals surface area contributed by atoms with E-state index in [-0.39, 0.29) is 17.7 Å². The van der Waals surface area contributed by atoms with Gasteiger partial charge in [-0.25, -0.2) is 0 Å². The normalized spacial score (nSPS) is 14.3. The Balaban J connectivity index is 1.32. The smallest absolute Gasteiger partial charge is 0.227 e. The Bertz CT molecular complexity index is 1060. The van der Waals surface area contributed by atoms with Gasteiger partial charge < -0.3 is 10.2 Å². The van der Waals surface area contributed by atoms with Gasteiger partial charge in [-0.1, -0.05) is 41.9 Å². The van der Waals surface area contributed by atoms with Gasteiger partial charge in [-0.15, -0.1) is 0 Å². The van der Waals surface area contributed by atoms with Crippen LogP contribution in [0.2, 0.25) is 5.02 Å². The quantitative estimate of drug-likeness (QED) is 0.627. The Morgan fingerprint density at radius 2 is 1.74 bits per heavy atom. The molecular weight excluding hydrogens is 410 g/mol. The number of amides is 2. The van der Waals surface area contributed by atoms with E-state index < -0.39 is 0 Å². The molecule has 0 radical (unpaired) electrons. The van der Waals surface area contributed by atoms with Gasteiger partial charge in [0.2, 0.25) is 11.8 Å². The maximum absolute atomic E-state index is 12.8. The van der Waals surface area contributed by atoms with Crippen LogP contribution in [-0.4, -0.2) is 34.8 Å². The Morgan fingerprint density at radius 1 is 1.00 bits per heavy atom. The zero-order valence-corrected chi connectivity index (χ0v) is 17.9. The Morgan fingerprint density at radius 3 is 2.45 bits per heavy atom. The fourth-order valence-corrected chi connectivity index (χ4v) is 4.06. The second-order valence-corrected chi connectivity index (χ2v) is 8.21. The van der Waals surface area contributed by atoms with Crippen molar-refractivity contribution in [2.24, 2.45) is 5.92 Å². The number of hydrogen-bond donors (Lipinski definition) is 1. The van der Waals surface area contributed by atoms with E-state index in [1.54, 1.807) is 12.4 Å². The molecule has 0 spiro atoms. The highest BCUT2D eigenvalue weighted by molar-refractivity contribution is 6.30. The first-order valence-corrected chi connectivity index (χ1v) is 10.8. The molecule has 1 aromatic heterocycles. The highest BCUT2D eigenvalue weighted by Crippen LogP contribution is 2.26. The summed E-state index contributed by atoms with van der Waals surface area (Å²) in [6.07, 6.45) is 5.09. The maximum Gasteiger partial charge on any atom is 0.227 e.